The average Bonchev–Trinajstić information content (AvgIpc) is 1.81. The van der Waals surface area contributed by atoms with Crippen molar-refractivity contribution < 1.29 is 14.7 Å². The van der Waals surface area contributed by atoms with Crippen LogP contribution in [0.1, 0.15) is 27.2 Å². The highest BCUT2D eigenvalue weighted by Crippen LogP contribution is 2.15. The first-order chi connectivity index (χ1) is 4.95. The zero-order chi connectivity index (χ0) is 9.02. The van der Waals surface area contributed by atoms with Gasteiger partial charge < -0.3 is 5.11 Å². The second-order valence-electron chi connectivity index (χ2n) is 3.06. The van der Waals surface area contributed by atoms with Crippen LogP contribution in [0.4, 0.5) is 0 Å². The van der Waals surface area contributed by atoms with Gasteiger partial charge in [0.25, 0.3) is 0 Å². The first-order valence-corrected chi connectivity index (χ1v) is 3.67. The van der Waals surface area contributed by atoms with Crippen LogP contribution in [0.25, 0.3) is 0 Å². The van der Waals surface area contributed by atoms with E-state index in [9.17, 15) is 9.59 Å². The van der Waals surface area contributed by atoms with Gasteiger partial charge in [0, 0.05) is 5.92 Å². The summed E-state index contributed by atoms with van der Waals surface area (Å²) in [5.41, 5.74) is 0. The third-order valence-corrected chi connectivity index (χ3v) is 1.72. The fraction of sp³-hybridized carbons (Fsp3) is 0.750. The van der Waals surface area contributed by atoms with Crippen LogP contribution in [-0.4, -0.2) is 16.9 Å². The molecule has 3 nitrogen and oxygen atoms in total. The van der Waals surface area contributed by atoms with Gasteiger partial charge in [-0.25, -0.2) is 0 Å². The first kappa shape index (κ1) is 10.1. The van der Waals surface area contributed by atoms with E-state index in [1.807, 2.05) is 13.8 Å². The summed E-state index contributed by atoms with van der Waals surface area (Å²) in [6.45, 7) is 5.15. The Morgan fingerprint density at radius 1 is 1.36 bits per heavy atom. The van der Waals surface area contributed by atoms with Gasteiger partial charge in [-0.15, -0.1) is 0 Å². The van der Waals surface area contributed by atoms with Gasteiger partial charge in [0.2, 0.25) is 0 Å². The molecule has 11 heavy (non-hydrogen) atoms. The number of carbonyl (C=O) groups is 2. The summed E-state index contributed by atoms with van der Waals surface area (Å²) in [5.74, 6) is -1.16. The van der Waals surface area contributed by atoms with Crippen molar-refractivity contribution in [2.24, 2.45) is 11.8 Å². The lowest BCUT2D eigenvalue weighted by Gasteiger charge is -2.14. The van der Waals surface area contributed by atoms with Crippen LogP contribution in [0.5, 0.6) is 0 Å². The Kier molecular flexibility index (Phi) is 3.79. The maximum Gasteiger partial charge on any atom is 0.304 e. The standard InChI is InChI=1S/C8H14O3/c1-5(2)7(6(3)9)4-8(10)11/h5,7H,4H2,1-3H3,(H,10,11). The van der Waals surface area contributed by atoms with Crippen molar-refractivity contribution in [2.45, 2.75) is 27.2 Å². The van der Waals surface area contributed by atoms with Gasteiger partial charge in [-0.3, -0.25) is 9.59 Å². The van der Waals surface area contributed by atoms with Crippen molar-refractivity contribution in [3.63, 3.8) is 0 Å². The Labute approximate surface area is 66.4 Å². The largest absolute Gasteiger partial charge is 0.481 e. The number of carboxylic acids is 1. The van der Waals surface area contributed by atoms with E-state index in [1.165, 1.54) is 6.92 Å². The predicted molar refractivity (Wildman–Crippen MR) is 41.3 cm³/mol. The summed E-state index contributed by atoms with van der Waals surface area (Å²) >= 11 is 0. The molecule has 0 radical (unpaired) electrons. The maximum atomic E-state index is 10.9. The highest BCUT2D eigenvalue weighted by Gasteiger charge is 2.20. The molecule has 0 heterocycles. The summed E-state index contributed by atoms with van der Waals surface area (Å²) in [4.78, 5) is 21.1. The second-order valence-corrected chi connectivity index (χ2v) is 3.06. The number of hydrogen-bond acceptors (Lipinski definition) is 2. The molecule has 0 bridgehead atoms. The van der Waals surface area contributed by atoms with Crippen molar-refractivity contribution >= 4 is 11.8 Å². The molecule has 0 aromatic heterocycles. The smallest absolute Gasteiger partial charge is 0.304 e. The van der Waals surface area contributed by atoms with E-state index in [0.29, 0.717) is 0 Å². The number of hydrogen-bond donors (Lipinski definition) is 1. The van der Waals surface area contributed by atoms with E-state index < -0.39 is 5.97 Å². The Balaban J connectivity index is 4.12. The molecule has 0 aliphatic rings. The van der Waals surface area contributed by atoms with Gasteiger partial charge in [-0.05, 0) is 12.8 Å². The molecular weight excluding hydrogens is 144 g/mol. The van der Waals surface area contributed by atoms with Crippen LogP contribution in [0.2, 0.25) is 0 Å². The number of carboxylic acid groups (broad SMARTS) is 1. The lowest BCUT2D eigenvalue weighted by Crippen LogP contribution is -2.20. The molecule has 64 valence electrons. The minimum absolute atomic E-state index is 0.0394. The number of aliphatic carboxylic acids is 1. The molecule has 0 aliphatic heterocycles. The van der Waals surface area contributed by atoms with E-state index >= 15 is 0 Å². The van der Waals surface area contributed by atoms with Crippen LogP contribution in [0.15, 0.2) is 0 Å². The molecule has 0 aliphatic carbocycles. The predicted octanol–water partition coefficient (Wildman–Crippen LogP) is 1.32. The van der Waals surface area contributed by atoms with E-state index in [-0.39, 0.29) is 24.0 Å². The van der Waals surface area contributed by atoms with Gasteiger partial charge in [-0.2, -0.15) is 0 Å². The number of ketones is 1. The van der Waals surface area contributed by atoms with E-state index in [1.54, 1.807) is 0 Å². The molecule has 1 N–H and O–H groups in total. The monoisotopic (exact) mass is 158 g/mol. The van der Waals surface area contributed by atoms with Gasteiger partial charge in [0.15, 0.2) is 0 Å². The first-order valence-electron chi connectivity index (χ1n) is 3.67. The number of Topliss-reactive ketones (excluding diaryl/α,β-unsaturated/α-hetero) is 1. The Bertz CT molecular complexity index is 161. The summed E-state index contributed by atoms with van der Waals surface area (Å²) in [6, 6.07) is 0. The topological polar surface area (TPSA) is 54.4 Å². The molecule has 3 heteroatoms. The minimum atomic E-state index is -0.904. The van der Waals surface area contributed by atoms with Crippen molar-refractivity contribution in [3.05, 3.63) is 0 Å². The Morgan fingerprint density at radius 2 is 1.82 bits per heavy atom. The van der Waals surface area contributed by atoms with Crippen molar-refractivity contribution in [2.75, 3.05) is 0 Å². The maximum absolute atomic E-state index is 10.9. The highest BCUT2D eigenvalue weighted by atomic mass is 16.4. The van der Waals surface area contributed by atoms with E-state index in [2.05, 4.69) is 0 Å². The molecule has 0 fully saturated rings. The van der Waals surface area contributed by atoms with Crippen LogP contribution in [-0.2, 0) is 9.59 Å². The normalized spacial score (nSPS) is 13.1. The molecule has 0 aromatic rings. The second kappa shape index (κ2) is 4.11. The summed E-state index contributed by atoms with van der Waals surface area (Å²) in [6.07, 6.45) is -0.0486. The quantitative estimate of drug-likeness (QED) is 0.671. The molecule has 0 rings (SSSR count). The van der Waals surface area contributed by atoms with Crippen molar-refractivity contribution in [1.82, 2.24) is 0 Å². The molecule has 0 aromatic carbocycles. The van der Waals surface area contributed by atoms with Gasteiger partial charge in [0.05, 0.1) is 6.42 Å². The zero-order valence-electron chi connectivity index (χ0n) is 7.13. The summed E-state index contributed by atoms with van der Waals surface area (Å²) in [5, 5.41) is 8.43. The lowest BCUT2D eigenvalue weighted by atomic mass is 9.89. The molecule has 1 unspecified atom stereocenters. The van der Waals surface area contributed by atoms with Crippen LogP contribution in [0.3, 0.4) is 0 Å². The summed E-state index contributed by atoms with van der Waals surface area (Å²) < 4.78 is 0. The fourth-order valence-electron chi connectivity index (χ4n) is 1.04. The molecule has 0 saturated carbocycles. The van der Waals surface area contributed by atoms with Gasteiger partial charge >= 0.3 is 5.97 Å². The lowest BCUT2D eigenvalue weighted by molar-refractivity contribution is -0.141. The molecular formula is C8H14O3. The highest BCUT2D eigenvalue weighted by molar-refractivity contribution is 5.83. The third kappa shape index (κ3) is 3.75. The summed E-state index contributed by atoms with van der Waals surface area (Å²) in [7, 11) is 0. The molecule has 1 atom stereocenters. The molecule has 0 saturated heterocycles. The van der Waals surface area contributed by atoms with E-state index in [0.717, 1.165) is 0 Å². The van der Waals surface area contributed by atoms with Crippen molar-refractivity contribution in [1.29, 1.82) is 0 Å². The Morgan fingerprint density at radius 3 is 1.91 bits per heavy atom. The minimum Gasteiger partial charge on any atom is -0.481 e. The zero-order valence-corrected chi connectivity index (χ0v) is 7.13. The van der Waals surface area contributed by atoms with Crippen molar-refractivity contribution in [3.8, 4) is 0 Å². The number of carbonyl (C=O) groups excluding carboxylic acids is 1. The SMILES string of the molecule is CC(=O)C(CC(=O)O)C(C)C. The van der Waals surface area contributed by atoms with Crippen LogP contribution < -0.4 is 0 Å². The molecule has 0 spiro atoms. The van der Waals surface area contributed by atoms with Gasteiger partial charge in [-0.1, -0.05) is 13.8 Å². The average molecular weight is 158 g/mol. The number of rotatable bonds is 4. The molecule has 0 amide bonds. The third-order valence-electron chi connectivity index (χ3n) is 1.72. The van der Waals surface area contributed by atoms with Crippen LogP contribution >= 0.6 is 0 Å². The fourth-order valence-corrected chi connectivity index (χ4v) is 1.04. The van der Waals surface area contributed by atoms with Crippen LogP contribution in [0, 0.1) is 11.8 Å². The van der Waals surface area contributed by atoms with Gasteiger partial charge in [0.1, 0.15) is 5.78 Å². The van der Waals surface area contributed by atoms with E-state index in [4.69, 9.17) is 5.11 Å². The Hall–Kier alpha value is -0.860.